The summed E-state index contributed by atoms with van der Waals surface area (Å²) in [6, 6.07) is 10.0. The van der Waals surface area contributed by atoms with Gasteiger partial charge in [-0.25, -0.2) is 0 Å². The van der Waals surface area contributed by atoms with Crippen molar-refractivity contribution in [3.8, 4) is 11.8 Å². The molecule has 1 aliphatic carbocycles. The second kappa shape index (κ2) is 11.4. The molecule has 1 heterocycles. The van der Waals surface area contributed by atoms with Crippen molar-refractivity contribution in [1.29, 1.82) is 0 Å². The Labute approximate surface area is 249 Å². The summed E-state index contributed by atoms with van der Waals surface area (Å²) in [7, 11) is 0. The Kier molecular flexibility index (Phi) is 8.76. The van der Waals surface area contributed by atoms with E-state index in [2.05, 4.69) is 41.4 Å². The zero-order chi connectivity index (χ0) is 27.8. The van der Waals surface area contributed by atoms with Gasteiger partial charge in [0.2, 0.25) is 5.91 Å². The number of carboxylic acids is 1. The summed E-state index contributed by atoms with van der Waals surface area (Å²) in [6.45, 7) is 8.43. The summed E-state index contributed by atoms with van der Waals surface area (Å²) < 4.78 is 1.16. The van der Waals surface area contributed by atoms with Crippen LogP contribution >= 0.6 is 45.8 Å². The third kappa shape index (κ3) is 5.33. The molecule has 0 aromatic heterocycles. The van der Waals surface area contributed by atoms with Gasteiger partial charge in [0.05, 0.1) is 16.1 Å². The Hall–Kier alpha value is -1.75. The van der Waals surface area contributed by atoms with E-state index in [4.69, 9.17) is 23.2 Å². The Balaban J connectivity index is 1.75. The van der Waals surface area contributed by atoms with Gasteiger partial charge in [0.1, 0.15) is 0 Å². The van der Waals surface area contributed by atoms with E-state index in [1.807, 2.05) is 44.2 Å². The number of unbranched alkanes of at least 4 members (excludes halogenated alkanes) is 1. The molecule has 4 rings (SSSR count). The normalized spacial score (nSPS) is 24.8. The molecular formula is C31H34Cl2INO3. The van der Waals surface area contributed by atoms with Crippen molar-refractivity contribution in [2.24, 2.45) is 11.3 Å². The van der Waals surface area contributed by atoms with E-state index >= 15 is 0 Å². The van der Waals surface area contributed by atoms with E-state index in [0.717, 1.165) is 33.1 Å². The van der Waals surface area contributed by atoms with Crippen LogP contribution in [0.4, 0.5) is 5.69 Å². The maximum absolute atomic E-state index is 13.9. The maximum atomic E-state index is 13.9. The fourth-order valence-electron chi connectivity index (χ4n) is 6.42. The molecule has 202 valence electrons. The first-order valence-corrected chi connectivity index (χ1v) is 15.0. The van der Waals surface area contributed by atoms with Crippen molar-refractivity contribution in [2.45, 2.75) is 77.6 Å². The third-order valence-electron chi connectivity index (χ3n) is 8.55. The van der Waals surface area contributed by atoms with Crippen molar-refractivity contribution >= 4 is 63.4 Å². The van der Waals surface area contributed by atoms with Gasteiger partial charge >= 0.3 is 5.97 Å². The lowest BCUT2D eigenvalue weighted by Crippen LogP contribution is -2.50. The molecular weight excluding hydrogens is 632 g/mol. The molecule has 1 N–H and O–H groups in total. The fraction of sp³-hybridized carbons (Fsp3) is 0.484. The fourth-order valence-corrected chi connectivity index (χ4v) is 7.78. The highest BCUT2D eigenvalue weighted by Crippen LogP contribution is 2.59. The average Bonchev–Trinajstić information content (AvgIpc) is 2.93. The summed E-state index contributed by atoms with van der Waals surface area (Å²) in [5.74, 6) is 5.20. The molecule has 0 bridgehead atoms. The van der Waals surface area contributed by atoms with Crippen molar-refractivity contribution in [3.63, 3.8) is 0 Å². The van der Waals surface area contributed by atoms with Gasteiger partial charge in [-0.3, -0.25) is 9.59 Å². The smallest absolute Gasteiger partial charge is 0.309 e. The van der Waals surface area contributed by atoms with Gasteiger partial charge in [0, 0.05) is 33.5 Å². The molecule has 1 aliphatic heterocycles. The van der Waals surface area contributed by atoms with Crippen LogP contribution in [0, 0.1) is 26.7 Å². The van der Waals surface area contributed by atoms with Gasteiger partial charge in [0.15, 0.2) is 0 Å². The van der Waals surface area contributed by atoms with Crippen LogP contribution in [0.3, 0.4) is 0 Å². The molecule has 38 heavy (non-hydrogen) atoms. The number of aliphatic carboxylic acids is 1. The Morgan fingerprint density at radius 1 is 1.21 bits per heavy atom. The van der Waals surface area contributed by atoms with E-state index in [0.29, 0.717) is 41.5 Å². The number of carbonyl (C=O) groups is 2. The summed E-state index contributed by atoms with van der Waals surface area (Å²) in [5, 5.41) is 11.4. The monoisotopic (exact) mass is 665 g/mol. The van der Waals surface area contributed by atoms with Crippen LogP contribution in [0.2, 0.25) is 10.0 Å². The minimum absolute atomic E-state index is 0.0690. The van der Waals surface area contributed by atoms with Gasteiger partial charge in [-0.05, 0) is 107 Å². The van der Waals surface area contributed by atoms with E-state index in [-0.39, 0.29) is 24.2 Å². The SMILES string of the molecule is CC(C)c1c(Cl)cc2c(c1Cl)N(CCCC#Cc1ccc(I)cc1)C(=O)C[C@H]1[C@](C)(C(=O)O)CCC[C@]21C. The van der Waals surface area contributed by atoms with E-state index in [1.54, 1.807) is 11.8 Å². The first-order chi connectivity index (χ1) is 17.9. The highest BCUT2D eigenvalue weighted by Gasteiger charge is 2.57. The van der Waals surface area contributed by atoms with Crippen LogP contribution in [0.15, 0.2) is 30.3 Å². The van der Waals surface area contributed by atoms with Gasteiger partial charge in [-0.1, -0.05) is 62.2 Å². The molecule has 0 unspecified atom stereocenters. The standard InChI is InChI=1S/C31H34Cl2INO3/c1-19(2)26-23(32)17-22-28(27(26)33)35(16-7-5-6-9-20-10-12-21(34)13-11-20)25(36)18-24-30(22,3)14-8-15-31(24,4)29(37)38/h10-13,17,19,24H,5,7-8,14-16,18H2,1-4H3,(H,37,38)/t24-,30-,31-/m1/s1. The molecule has 1 amide bonds. The minimum atomic E-state index is -1.01. The number of rotatable bonds is 5. The highest BCUT2D eigenvalue weighted by atomic mass is 127. The predicted octanol–water partition coefficient (Wildman–Crippen LogP) is 8.44. The third-order valence-corrected chi connectivity index (χ3v) is 9.96. The number of anilines is 1. The Bertz CT molecular complexity index is 1310. The van der Waals surface area contributed by atoms with E-state index in [9.17, 15) is 14.7 Å². The van der Waals surface area contributed by atoms with Crippen LogP contribution in [-0.2, 0) is 15.0 Å². The zero-order valence-corrected chi connectivity index (χ0v) is 26.0. The second-order valence-corrected chi connectivity index (χ2v) is 13.4. The summed E-state index contributed by atoms with van der Waals surface area (Å²) in [6.07, 6.45) is 3.55. The first-order valence-electron chi connectivity index (χ1n) is 13.2. The van der Waals surface area contributed by atoms with E-state index in [1.165, 1.54) is 0 Å². The number of carboxylic acid groups (broad SMARTS) is 1. The van der Waals surface area contributed by atoms with Gasteiger partial charge in [-0.15, -0.1) is 0 Å². The summed E-state index contributed by atoms with van der Waals surface area (Å²) in [5.41, 5.74) is 1.83. The molecule has 1 fully saturated rings. The van der Waals surface area contributed by atoms with Crippen LogP contribution in [0.5, 0.6) is 0 Å². The lowest BCUT2D eigenvalue weighted by atomic mass is 9.53. The number of fused-ring (bicyclic) bond motifs is 3. The lowest BCUT2D eigenvalue weighted by Gasteiger charge is -2.49. The molecule has 0 saturated heterocycles. The Morgan fingerprint density at radius 2 is 1.89 bits per heavy atom. The number of hydrogen-bond donors (Lipinski definition) is 1. The topological polar surface area (TPSA) is 57.6 Å². The molecule has 2 aromatic carbocycles. The molecule has 0 radical (unpaired) electrons. The molecule has 3 atom stereocenters. The molecule has 7 heteroatoms. The number of hydrogen-bond acceptors (Lipinski definition) is 2. The van der Waals surface area contributed by atoms with E-state index < -0.39 is 16.8 Å². The van der Waals surface area contributed by atoms with Gasteiger partial charge in [0.25, 0.3) is 0 Å². The number of amides is 1. The lowest BCUT2D eigenvalue weighted by molar-refractivity contribution is -0.157. The number of carbonyl (C=O) groups excluding carboxylic acids is 1. The van der Waals surface area contributed by atoms with Crippen molar-refractivity contribution in [1.82, 2.24) is 0 Å². The average molecular weight is 666 g/mol. The van der Waals surface area contributed by atoms with Crippen LogP contribution < -0.4 is 4.90 Å². The molecule has 1 saturated carbocycles. The maximum Gasteiger partial charge on any atom is 0.309 e. The summed E-state index contributed by atoms with van der Waals surface area (Å²) in [4.78, 5) is 28.3. The highest BCUT2D eigenvalue weighted by molar-refractivity contribution is 14.1. The van der Waals surface area contributed by atoms with Gasteiger partial charge in [-0.2, -0.15) is 0 Å². The van der Waals surface area contributed by atoms with Crippen LogP contribution in [0.1, 0.15) is 88.8 Å². The quantitative estimate of drug-likeness (QED) is 0.198. The number of nitrogens with zero attached hydrogens (tertiary/aromatic N) is 1. The molecule has 0 spiro atoms. The largest absolute Gasteiger partial charge is 0.481 e. The molecule has 4 nitrogen and oxygen atoms in total. The van der Waals surface area contributed by atoms with Crippen molar-refractivity contribution < 1.29 is 14.7 Å². The molecule has 2 aliphatic rings. The first kappa shape index (κ1) is 29.2. The minimum Gasteiger partial charge on any atom is -0.481 e. The number of benzene rings is 2. The summed E-state index contributed by atoms with van der Waals surface area (Å²) >= 11 is 16.2. The predicted molar refractivity (Wildman–Crippen MR) is 163 cm³/mol. The zero-order valence-electron chi connectivity index (χ0n) is 22.3. The Morgan fingerprint density at radius 3 is 2.53 bits per heavy atom. The number of halogens is 3. The van der Waals surface area contributed by atoms with Gasteiger partial charge < -0.3 is 10.0 Å². The van der Waals surface area contributed by atoms with Crippen LogP contribution in [0.25, 0.3) is 0 Å². The molecule has 2 aromatic rings. The van der Waals surface area contributed by atoms with Crippen molar-refractivity contribution in [2.75, 3.05) is 11.4 Å². The second-order valence-electron chi connectivity index (χ2n) is 11.3. The van der Waals surface area contributed by atoms with Crippen LogP contribution in [-0.4, -0.2) is 23.5 Å². The van der Waals surface area contributed by atoms with Crippen molar-refractivity contribution in [3.05, 3.63) is 60.6 Å².